The van der Waals surface area contributed by atoms with Gasteiger partial charge in [0.15, 0.2) is 0 Å². The molecule has 0 aliphatic carbocycles. The van der Waals surface area contributed by atoms with Crippen LogP contribution in [0.4, 0.5) is 0 Å². The van der Waals surface area contributed by atoms with Crippen LogP contribution < -0.4 is 16.2 Å². The zero-order valence-electron chi connectivity index (χ0n) is 11.6. The Kier molecular flexibility index (Phi) is 6.96. The van der Waals surface area contributed by atoms with Crippen LogP contribution in [-0.2, 0) is 14.4 Å². The Bertz CT molecular complexity index is 361. The molecular weight excluding hydrogens is 264 g/mol. The number of carboxylic acid groups (broad SMARTS) is 1. The SMILES string of the molecule is CC(=O)NNC(=O)CN1CCCC(CNCC(=O)O)C1. The van der Waals surface area contributed by atoms with Crippen molar-refractivity contribution in [1.29, 1.82) is 0 Å². The topological polar surface area (TPSA) is 111 Å². The molecule has 1 unspecified atom stereocenters. The lowest BCUT2D eigenvalue weighted by atomic mass is 9.98. The zero-order chi connectivity index (χ0) is 15.0. The summed E-state index contributed by atoms with van der Waals surface area (Å²) in [6.45, 7) is 3.74. The molecule has 1 fully saturated rings. The summed E-state index contributed by atoms with van der Waals surface area (Å²) in [6.07, 6.45) is 2.00. The highest BCUT2D eigenvalue weighted by molar-refractivity contribution is 5.81. The third-order valence-corrected chi connectivity index (χ3v) is 3.06. The van der Waals surface area contributed by atoms with Crippen molar-refractivity contribution < 1.29 is 19.5 Å². The number of rotatable bonds is 6. The van der Waals surface area contributed by atoms with Gasteiger partial charge in [0.05, 0.1) is 13.1 Å². The number of amides is 2. The minimum absolute atomic E-state index is 0.0421. The van der Waals surface area contributed by atoms with Gasteiger partial charge in [-0.1, -0.05) is 0 Å². The lowest BCUT2D eigenvalue weighted by Gasteiger charge is -2.32. The van der Waals surface area contributed by atoms with Crippen LogP contribution in [0.1, 0.15) is 19.8 Å². The van der Waals surface area contributed by atoms with Gasteiger partial charge in [-0.3, -0.25) is 30.1 Å². The molecule has 0 radical (unpaired) electrons. The normalized spacial score (nSPS) is 19.4. The van der Waals surface area contributed by atoms with Gasteiger partial charge < -0.3 is 10.4 Å². The van der Waals surface area contributed by atoms with E-state index in [0.717, 1.165) is 25.9 Å². The van der Waals surface area contributed by atoms with Gasteiger partial charge in [-0.25, -0.2) is 0 Å². The molecule has 1 atom stereocenters. The number of nitrogens with one attached hydrogen (secondary N) is 3. The molecule has 1 heterocycles. The Labute approximate surface area is 117 Å². The summed E-state index contributed by atoms with van der Waals surface area (Å²) in [6, 6.07) is 0. The summed E-state index contributed by atoms with van der Waals surface area (Å²) >= 11 is 0. The lowest BCUT2D eigenvalue weighted by molar-refractivity contribution is -0.136. The molecule has 0 saturated carbocycles. The second-order valence-electron chi connectivity index (χ2n) is 5.00. The summed E-state index contributed by atoms with van der Waals surface area (Å²) in [5.41, 5.74) is 4.58. The summed E-state index contributed by atoms with van der Waals surface area (Å²) in [5, 5.41) is 11.4. The van der Waals surface area contributed by atoms with Gasteiger partial charge in [0, 0.05) is 13.5 Å². The van der Waals surface area contributed by atoms with E-state index in [-0.39, 0.29) is 24.9 Å². The van der Waals surface area contributed by atoms with Crippen molar-refractivity contribution in [2.75, 3.05) is 32.7 Å². The second-order valence-corrected chi connectivity index (χ2v) is 5.00. The van der Waals surface area contributed by atoms with E-state index in [1.807, 2.05) is 4.90 Å². The van der Waals surface area contributed by atoms with E-state index in [4.69, 9.17) is 5.11 Å². The molecule has 0 aromatic heterocycles. The van der Waals surface area contributed by atoms with Gasteiger partial charge in [-0.15, -0.1) is 0 Å². The summed E-state index contributed by atoms with van der Waals surface area (Å²) < 4.78 is 0. The summed E-state index contributed by atoms with van der Waals surface area (Å²) in [4.78, 5) is 34.7. The first-order valence-corrected chi connectivity index (χ1v) is 6.67. The molecule has 0 bridgehead atoms. The van der Waals surface area contributed by atoms with Gasteiger partial charge in [0.2, 0.25) is 5.91 Å². The Morgan fingerprint density at radius 1 is 1.30 bits per heavy atom. The van der Waals surface area contributed by atoms with Crippen molar-refractivity contribution in [3.05, 3.63) is 0 Å². The maximum Gasteiger partial charge on any atom is 0.317 e. The van der Waals surface area contributed by atoms with E-state index in [0.29, 0.717) is 12.5 Å². The molecule has 1 aliphatic heterocycles. The van der Waals surface area contributed by atoms with E-state index < -0.39 is 5.97 Å². The average Bonchev–Trinajstić information content (AvgIpc) is 2.36. The van der Waals surface area contributed by atoms with E-state index in [2.05, 4.69) is 16.2 Å². The zero-order valence-corrected chi connectivity index (χ0v) is 11.6. The van der Waals surface area contributed by atoms with Gasteiger partial charge in [0.1, 0.15) is 0 Å². The molecule has 4 N–H and O–H groups in total. The highest BCUT2D eigenvalue weighted by Crippen LogP contribution is 2.15. The van der Waals surface area contributed by atoms with E-state index in [1.165, 1.54) is 6.92 Å². The van der Waals surface area contributed by atoms with Crippen molar-refractivity contribution in [3.8, 4) is 0 Å². The van der Waals surface area contributed by atoms with Crippen LogP contribution in [0.15, 0.2) is 0 Å². The number of hydrogen-bond donors (Lipinski definition) is 4. The standard InChI is InChI=1S/C12H22N4O4/c1-9(17)14-15-11(18)8-16-4-2-3-10(7-16)5-13-6-12(19)20/h10,13H,2-8H2,1H3,(H,14,17)(H,15,18)(H,19,20). The van der Waals surface area contributed by atoms with Crippen LogP contribution in [0, 0.1) is 5.92 Å². The molecule has 1 saturated heterocycles. The second kappa shape index (κ2) is 8.49. The summed E-state index contributed by atoms with van der Waals surface area (Å²) in [5.74, 6) is -1.09. The Morgan fingerprint density at radius 2 is 2.05 bits per heavy atom. The number of likely N-dealkylation sites (tertiary alicyclic amines) is 1. The molecule has 20 heavy (non-hydrogen) atoms. The van der Waals surface area contributed by atoms with Gasteiger partial charge in [-0.05, 0) is 31.8 Å². The molecule has 2 amide bonds. The van der Waals surface area contributed by atoms with Crippen LogP contribution in [0.5, 0.6) is 0 Å². The molecule has 1 aliphatic rings. The number of carbonyl (C=O) groups excluding carboxylic acids is 2. The Balaban J connectivity index is 2.24. The molecular formula is C12H22N4O4. The molecule has 0 spiro atoms. The first-order chi connectivity index (χ1) is 9.47. The van der Waals surface area contributed by atoms with Crippen LogP contribution >= 0.6 is 0 Å². The van der Waals surface area contributed by atoms with Crippen molar-refractivity contribution in [2.24, 2.45) is 5.92 Å². The van der Waals surface area contributed by atoms with Gasteiger partial charge >= 0.3 is 5.97 Å². The predicted octanol–water partition coefficient (Wildman–Crippen LogP) is -1.46. The first-order valence-electron chi connectivity index (χ1n) is 6.67. The predicted molar refractivity (Wildman–Crippen MR) is 71.6 cm³/mol. The summed E-state index contributed by atoms with van der Waals surface area (Å²) in [7, 11) is 0. The third kappa shape index (κ3) is 7.05. The minimum atomic E-state index is -0.868. The minimum Gasteiger partial charge on any atom is -0.480 e. The fourth-order valence-electron chi connectivity index (χ4n) is 2.25. The van der Waals surface area contributed by atoms with Crippen LogP contribution in [-0.4, -0.2) is 60.5 Å². The monoisotopic (exact) mass is 286 g/mol. The number of hydrogen-bond acceptors (Lipinski definition) is 5. The molecule has 0 aromatic carbocycles. The van der Waals surface area contributed by atoms with Crippen molar-refractivity contribution in [1.82, 2.24) is 21.1 Å². The fraction of sp³-hybridized carbons (Fsp3) is 0.750. The molecule has 114 valence electrons. The largest absolute Gasteiger partial charge is 0.480 e. The number of carbonyl (C=O) groups is 3. The first kappa shape index (κ1) is 16.4. The van der Waals surface area contributed by atoms with Crippen molar-refractivity contribution >= 4 is 17.8 Å². The number of hydrazine groups is 1. The Hall–Kier alpha value is -1.67. The van der Waals surface area contributed by atoms with E-state index in [1.54, 1.807) is 0 Å². The van der Waals surface area contributed by atoms with Crippen LogP contribution in [0.2, 0.25) is 0 Å². The average molecular weight is 286 g/mol. The van der Waals surface area contributed by atoms with Crippen molar-refractivity contribution in [3.63, 3.8) is 0 Å². The number of aliphatic carboxylic acids is 1. The smallest absolute Gasteiger partial charge is 0.317 e. The molecule has 0 aromatic rings. The van der Waals surface area contributed by atoms with E-state index >= 15 is 0 Å². The number of nitrogens with zero attached hydrogens (tertiary/aromatic N) is 1. The highest BCUT2D eigenvalue weighted by atomic mass is 16.4. The maximum atomic E-state index is 11.6. The highest BCUT2D eigenvalue weighted by Gasteiger charge is 2.21. The quantitative estimate of drug-likeness (QED) is 0.444. The fourth-order valence-corrected chi connectivity index (χ4v) is 2.25. The maximum absolute atomic E-state index is 11.6. The number of piperidine rings is 1. The van der Waals surface area contributed by atoms with Gasteiger partial charge in [-0.2, -0.15) is 0 Å². The molecule has 8 nitrogen and oxygen atoms in total. The molecule has 8 heteroatoms. The molecule has 1 rings (SSSR count). The van der Waals surface area contributed by atoms with E-state index in [9.17, 15) is 14.4 Å². The Morgan fingerprint density at radius 3 is 2.70 bits per heavy atom. The van der Waals surface area contributed by atoms with Crippen LogP contribution in [0.3, 0.4) is 0 Å². The lowest BCUT2D eigenvalue weighted by Crippen LogP contribution is -2.48. The third-order valence-electron chi connectivity index (χ3n) is 3.06. The number of carboxylic acids is 1. The van der Waals surface area contributed by atoms with Gasteiger partial charge in [0.25, 0.3) is 5.91 Å². The van der Waals surface area contributed by atoms with Crippen molar-refractivity contribution in [2.45, 2.75) is 19.8 Å². The van der Waals surface area contributed by atoms with Crippen LogP contribution in [0.25, 0.3) is 0 Å².